The Hall–Kier alpha value is -3.29. The molecule has 0 aliphatic carbocycles. The number of rotatable bonds is 18. The number of hydrogen-bond acceptors (Lipinski definition) is 6. The van der Waals surface area contributed by atoms with Crippen LogP contribution in [0.1, 0.15) is 34.9 Å². The minimum Gasteiger partial charge on any atom is -0.384 e. The molecule has 6 heteroatoms. The normalized spacial score (nSPS) is 12.9. The molecule has 6 nitrogen and oxygen atoms in total. The van der Waals surface area contributed by atoms with Crippen LogP contribution in [0.15, 0.2) is 96.9 Å². The van der Waals surface area contributed by atoms with Crippen molar-refractivity contribution < 1.29 is 0 Å². The minimum atomic E-state index is 0.798. The molecular formula is C34H46N6. The third kappa shape index (κ3) is 11.1. The van der Waals surface area contributed by atoms with Crippen molar-refractivity contribution in [2.24, 2.45) is 0 Å². The van der Waals surface area contributed by atoms with Crippen molar-refractivity contribution in [2.75, 3.05) is 45.8 Å². The van der Waals surface area contributed by atoms with Gasteiger partial charge >= 0.3 is 0 Å². The Morgan fingerprint density at radius 1 is 0.775 bits per heavy atom. The van der Waals surface area contributed by atoms with E-state index >= 15 is 0 Å². The molecule has 0 radical (unpaired) electrons. The number of aromatic nitrogens is 1. The molecule has 0 amide bonds. The number of allylic oxidation sites excluding steroid dienone is 2. The molecule has 1 aliphatic heterocycles. The average molecular weight is 539 g/mol. The maximum atomic E-state index is 4.42. The number of nitrogens with zero attached hydrogens (tertiary/aromatic N) is 2. The van der Waals surface area contributed by atoms with Crippen molar-refractivity contribution in [3.63, 3.8) is 0 Å². The Labute approximate surface area is 241 Å². The highest BCUT2D eigenvalue weighted by Gasteiger charge is 2.07. The SMILES string of the molecule is CCc1cccc(CCNCc2ccc(CN(CCNCC3=CC=CCN3)CCNCc3ccccn3)cc2)c1. The zero-order valence-corrected chi connectivity index (χ0v) is 24.0. The first kappa shape index (κ1) is 29.7. The summed E-state index contributed by atoms with van der Waals surface area (Å²) < 4.78 is 0. The molecule has 0 atom stereocenters. The Morgan fingerprint density at radius 3 is 2.30 bits per heavy atom. The van der Waals surface area contributed by atoms with Gasteiger partial charge in [-0.3, -0.25) is 9.88 Å². The molecule has 3 aromatic rings. The van der Waals surface area contributed by atoms with E-state index in [1.54, 1.807) is 0 Å². The second-order valence-electron chi connectivity index (χ2n) is 10.4. The largest absolute Gasteiger partial charge is 0.384 e. The van der Waals surface area contributed by atoms with E-state index in [9.17, 15) is 0 Å². The molecule has 2 heterocycles. The first-order valence-corrected chi connectivity index (χ1v) is 14.8. The Morgan fingerprint density at radius 2 is 1.55 bits per heavy atom. The number of aryl methyl sites for hydroxylation is 1. The number of nitrogens with one attached hydrogen (secondary N) is 4. The monoisotopic (exact) mass is 538 g/mol. The van der Waals surface area contributed by atoms with Crippen molar-refractivity contribution in [3.8, 4) is 0 Å². The van der Waals surface area contributed by atoms with Crippen LogP contribution < -0.4 is 21.3 Å². The quantitative estimate of drug-likeness (QED) is 0.182. The third-order valence-corrected chi connectivity index (χ3v) is 7.19. The second kappa shape index (κ2) is 17.4. The molecule has 0 bridgehead atoms. The maximum absolute atomic E-state index is 4.42. The van der Waals surface area contributed by atoms with Gasteiger partial charge in [0.25, 0.3) is 0 Å². The standard InChI is InChI=1S/C34H46N6/c1-2-29-8-7-9-30(24-29)16-19-35-25-31-12-14-32(15-13-31)28-40(22-20-36-26-33-10-3-5-17-38-33)23-21-37-27-34-11-4-6-18-39-34/h3-15,17,24,35-37,39H,2,16,18-23,25-28H2,1H3. The van der Waals surface area contributed by atoms with Crippen LogP contribution in [0.25, 0.3) is 0 Å². The molecule has 4 rings (SSSR count). The number of dihydropyridines is 1. The van der Waals surface area contributed by atoms with Crippen molar-refractivity contribution in [1.82, 2.24) is 31.2 Å². The highest BCUT2D eigenvalue weighted by Crippen LogP contribution is 2.09. The molecule has 40 heavy (non-hydrogen) atoms. The lowest BCUT2D eigenvalue weighted by molar-refractivity contribution is 0.265. The fourth-order valence-corrected chi connectivity index (χ4v) is 4.80. The summed E-state index contributed by atoms with van der Waals surface area (Å²) in [4.78, 5) is 6.94. The summed E-state index contributed by atoms with van der Waals surface area (Å²) in [5.74, 6) is 0. The summed E-state index contributed by atoms with van der Waals surface area (Å²) in [5.41, 5.74) is 7.85. The smallest absolute Gasteiger partial charge is 0.0541 e. The Balaban J connectivity index is 1.21. The lowest BCUT2D eigenvalue weighted by atomic mass is 10.1. The predicted molar refractivity (Wildman–Crippen MR) is 167 cm³/mol. The van der Waals surface area contributed by atoms with Gasteiger partial charge in [0, 0.05) is 70.8 Å². The highest BCUT2D eigenvalue weighted by atomic mass is 15.2. The molecule has 1 aromatic heterocycles. The van der Waals surface area contributed by atoms with E-state index in [1.165, 1.54) is 28.0 Å². The Kier molecular flexibility index (Phi) is 12.9. The van der Waals surface area contributed by atoms with Crippen molar-refractivity contribution in [2.45, 2.75) is 39.4 Å². The van der Waals surface area contributed by atoms with Crippen LogP contribution in [0.2, 0.25) is 0 Å². The van der Waals surface area contributed by atoms with E-state index in [2.05, 4.69) is 111 Å². The number of benzene rings is 2. The molecule has 0 saturated carbocycles. The van der Waals surface area contributed by atoms with Gasteiger partial charge in [0.15, 0.2) is 0 Å². The zero-order chi connectivity index (χ0) is 27.7. The topological polar surface area (TPSA) is 64.2 Å². The lowest BCUT2D eigenvalue weighted by Crippen LogP contribution is -2.37. The molecule has 0 fully saturated rings. The third-order valence-electron chi connectivity index (χ3n) is 7.19. The van der Waals surface area contributed by atoms with Crippen LogP contribution in [0.5, 0.6) is 0 Å². The van der Waals surface area contributed by atoms with E-state index < -0.39 is 0 Å². The van der Waals surface area contributed by atoms with Gasteiger partial charge < -0.3 is 21.3 Å². The summed E-state index contributed by atoms with van der Waals surface area (Å²) in [6.07, 6.45) is 10.4. The molecule has 2 aromatic carbocycles. The van der Waals surface area contributed by atoms with Gasteiger partial charge in [-0.2, -0.15) is 0 Å². The number of hydrogen-bond donors (Lipinski definition) is 4. The first-order chi connectivity index (χ1) is 19.8. The van der Waals surface area contributed by atoms with Gasteiger partial charge in [-0.05, 0) is 59.8 Å². The molecule has 212 valence electrons. The molecular weight excluding hydrogens is 492 g/mol. The molecule has 1 aliphatic rings. The van der Waals surface area contributed by atoms with Crippen LogP contribution in [0.4, 0.5) is 0 Å². The van der Waals surface area contributed by atoms with Gasteiger partial charge in [0.05, 0.1) is 5.69 Å². The van der Waals surface area contributed by atoms with E-state index in [0.29, 0.717) is 0 Å². The molecule has 4 N–H and O–H groups in total. The highest BCUT2D eigenvalue weighted by molar-refractivity contribution is 5.24. The van der Waals surface area contributed by atoms with Crippen LogP contribution in [0.3, 0.4) is 0 Å². The van der Waals surface area contributed by atoms with E-state index in [1.807, 2.05) is 18.3 Å². The summed E-state index contributed by atoms with van der Waals surface area (Å²) in [6.45, 7) is 11.5. The zero-order valence-electron chi connectivity index (χ0n) is 24.0. The first-order valence-electron chi connectivity index (χ1n) is 14.8. The van der Waals surface area contributed by atoms with Gasteiger partial charge in [-0.1, -0.05) is 73.7 Å². The predicted octanol–water partition coefficient (Wildman–Crippen LogP) is 4.20. The van der Waals surface area contributed by atoms with Crippen LogP contribution in [-0.4, -0.2) is 55.7 Å². The van der Waals surface area contributed by atoms with Crippen molar-refractivity contribution >= 4 is 0 Å². The Bertz CT molecular complexity index is 1170. The maximum Gasteiger partial charge on any atom is 0.0541 e. The molecule has 0 saturated heterocycles. The fraction of sp³-hybridized carbons (Fsp3) is 0.382. The average Bonchev–Trinajstić information content (AvgIpc) is 3.01. The van der Waals surface area contributed by atoms with E-state index in [4.69, 9.17) is 0 Å². The van der Waals surface area contributed by atoms with Crippen molar-refractivity contribution in [1.29, 1.82) is 0 Å². The summed E-state index contributed by atoms with van der Waals surface area (Å²) >= 11 is 0. The second-order valence-corrected chi connectivity index (χ2v) is 10.4. The van der Waals surface area contributed by atoms with Gasteiger partial charge in [-0.25, -0.2) is 0 Å². The fourth-order valence-electron chi connectivity index (χ4n) is 4.80. The van der Waals surface area contributed by atoms with Crippen LogP contribution in [-0.2, 0) is 32.5 Å². The lowest BCUT2D eigenvalue weighted by Gasteiger charge is -2.23. The molecule has 0 spiro atoms. The van der Waals surface area contributed by atoms with Gasteiger partial charge in [-0.15, -0.1) is 0 Å². The molecule has 0 unspecified atom stereocenters. The van der Waals surface area contributed by atoms with E-state index in [0.717, 1.165) is 84.0 Å². The van der Waals surface area contributed by atoms with E-state index in [-0.39, 0.29) is 0 Å². The van der Waals surface area contributed by atoms with Crippen molar-refractivity contribution in [3.05, 3.63) is 125 Å². The minimum absolute atomic E-state index is 0.798. The van der Waals surface area contributed by atoms with Crippen LogP contribution in [0, 0.1) is 0 Å². The van der Waals surface area contributed by atoms with Gasteiger partial charge in [0.2, 0.25) is 0 Å². The summed E-state index contributed by atoms with van der Waals surface area (Å²) in [7, 11) is 0. The summed E-state index contributed by atoms with van der Waals surface area (Å²) in [5, 5.41) is 14.2. The summed E-state index contributed by atoms with van der Waals surface area (Å²) in [6, 6.07) is 24.1. The van der Waals surface area contributed by atoms with Gasteiger partial charge in [0.1, 0.15) is 0 Å². The van der Waals surface area contributed by atoms with Crippen LogP contribution >= 0.6 is 0 Å². The number of pyridine rings is 1.